The molecule has 0 bridgehead atoms. The molecule has 2 rings (SSSR count). The van der Waals surface area contributed by atoms with Crippen LogP contribution in [0.1, 0.15) is 25.3 Å². The van der Waals surface area contributed by atoms with Crippen LogP contribution in [-0.4, -0.2) is 42.3 Å². The first-order valence-corrected chi connectivity index (χ1v) is 9.07. The second-order valence-corrected chi connectivity index (χ2v) is 6.89. The number of ether oxygens (including phenoxy) is 1. The summed E-state index contributed by atoms with van der Waals surface area (Å²) >= 11 is 1.45. The number of carbonyl (C=O) groups excluding carboxylic acids is 1. The molecule has 9 heteroatoms. The minimum Gasteiger partial charge on any atom is -0.490 e. The van der Waals surface area contributed by atoms with Gasteiger partial charge < -0.3 is 15.4 Å². The average Bonchev–Trinajstić information content (AvgIpc) is 2.54. The summed E-state index contributed by atoms with van der Waals surface area (Å²) in [7, 11) is 1.41. The first-order chi connectivity index (χ1) is 11.5. The van der Waals surface area contributed by atoms with Crippen LogP contribution in [0.3, 0.4) is 0 Å². The van der Waals surface area contributed by atoms with Gasteiger partial charge in [-0.05, 0) is 37.9 Å². The van der Waals surface area contributed by atoms with E-state index in [0.29, 0.717) is 17.5 Å². The number of methoxy groups -OCH3 is 1. The lowest BCUT2D eigenvalue weighted by molar-refractivity contribution is -0.385. The Kier molecular flexibility index (Phi) is 9.02. The van der Waals surface area contributed by atoms with Gasteiger partial charge in [-0.1, -0.05) is 6.07 Å². The Labute approximate surface area is 157 Å². The van der Waals surface area contributed by atoms with E-state index in [1.54, 1.807) is 12.1 Å². The number of amides is 1. The van der Waals surface area contributed by atoms with E-state index in [1.165, 1.54) is 24.9 Å². The second-order valence-electron chi connectivity index (χ2n) is 5.90. The standard InChI is InChI=1S/C16H23N3O4S.ClH/c1-11-7-13(5-6-17-11)18-16(20)10-24-9-12-3-4-15(23-2)14(8-12)19(21)22;/h3-4,8,11,13,17H,5-7,9-10H2,1-2H3,(H,18,20);1H. The molecular formula is C16H24ClN3O4S. The van der Waals surface area contributed by atoms with Crippen molar-refractivity contribution < 1.29 is 14.5 Å². The lowest BCUT2D eigenvalue weighted by Gasteiger charge is -2.28. The SMILES string of the molecule is COc1ccc(CSCC(=O)NC2CCNC(C)C2)cc1[N+](=O)[O-].Cl. The van der Waals surface area contributed by atoms with Crippen LogP contribution in [0.4, 0.5) is 5.69 Å². The summed E-state index contributed by atoms with van der Waals surface area (Å²) in [6, 6.07) is 5.53. The van der Waals surface area contributed by atoms with Gasteiger partial charge in [0.25, 0.3) is 0 Å². The molecule has 1 heterocycles. The molecule has 2 N–H and O–H groups in total. The van der Waals surface area contributed by atoms with Gasteiger partial charge in [-0.15, -0.1) is 24.2 Å². The Morgan fingerprint density at radius 2 is 2.28 bits per heavy atom. The van der Waals surface area contributed by atoms with E-state index in [4.69, 9.17) is 4.74 Å². The first kappa shape index (κ1) is 21.5. The van der Waals surface area contributed by atoms with Crippen LogP contribution in [0.25, 0.3) is 0 Å². The number of carbonyl (C=O) groups is 1. The Hall–Kier alpha value is -1.51. The van der Waals surface area contributed by atoms with Crippen LogP contribution in [0.2, 0.25) is 0 Å². The predicted octanol–water partition coefficient (Wildman–Crippen LogP) is 2.52. The van der Waals surface area contributed by atoms with E-state index >= 15 is 0 Å². The average molecular weight is 390 g/mol. The molecule has 1 aliphatic heterocycles. The molecule has 1 saturated heterocycles. The number of nitro benzene ring substituents is 1. The van der Waals surface area contributed by atoms with Crippen molar-refractivity contribution in [2.24, 2.45) is 0 Å². The van der Waals surface area contributed by atoms with Crippen molar-refractivity contribution in [3.63, 3.8) is 0 Å². The quantitative estimate of drug-likeness (QED) is 0.549. The highest BCUT2D eigenvalue weighted by atomic mass is 35.5. The Morgan fingerprint density at radius 1 is 1.52 bits per heavy atom. The van der Waals surface area contributed by atoms with Crippen molar-refractivity contribution in [2.75, 3.05) is 19.4 Å². The molecule has 140 valence electrons. The maximum Gasteiger partial charge on any atom is 0.311 e. The Bertz CT molecular complexity index is 603. The summed E-state index contributed by atoms with van der Waals surface area (Å²) in [5, 5.41) is 17.4. The highest BCUT2D eigenvalue weighted by molar-refractivity contribution is 7.99. The summed E-state index contributed by atoms with van der Waals surface area (Å²) in [6.45, 7) is 3.04. The minimum absolute atomic E-state index is 0. The lowest BCUT2D eigenvalue weighted by atomic mass is 10.0. The second kappa shape index (κ2) is 10.5. The highest BCUT2D eigenvalue weighted by Crippen LogP contribution is 2.28. The van der Waals surface area contributed by atoms with Gasteiger partial charge in [-0.2, -0.15) is 0 Å². The molecule has 2 unspecified atom stereocenters. The normalized spacial score (nSPS) is 19.6. The number of hydrogen-bond acceptors (Lipinski definition) is 6. The molecule has 1 aromatic carbocycles. The smallest absolute Gasteiger partial charge is 0.311 e. The number of rotatable bonds is 7. The van der Waals surface area contributed by atoms with Gasteiger partial charge in [0, 0.05) is 23.9 Å². The highest BCUT2D eigenvalue weighted by Gasteiger charge is 2.20. The van der Waals surface area contributed by atoms with Gasteiger partial charge in [0.1, 0.15) is 0 Å². The molecule has 0 radical (unpaired) electrons. The maximum absolute atomic E-state index is 12.0. The third-order valence-electron chi connectivity index (χ3n) is 3.93. The van der Waals surface area contributed by atoms with Crippen LogP contribution >= 0.6 is 24.2 Å². The number of piperidine rings is 1. The van der Waals surface area contributed by atoms with E-state index in [9.17, 15) is 14.9 Å². The number of benzene rings is 1. The molecule has 0 aliphatic carbocycles. The fourth-order valence-electron chi connectivity index (χ4n) is 2.76. The number of nitro groups is 1. The summed E-state index contributed by atoms with van der Waals surface area (Å²) in [6.07, 6.45) is 1.90. The van der Waals surface area contributed by atoms with E-state index in [2.05, 4.69) is 17.6 Å². The van der Waals surface area contributed by atoms with E-state index in [0.717, 1.165) is 24.9 Å². The molecule has 1 aliphatic rings. The summed E-state index contributed by atoms with van der Waals surface area (Å²) in [5.41, 5.74) is 0.750. The maximum atomic E-state index is 12.0. The van der Waals surface area contributed by atoms with Gasteiger partial charge in [0.05, 0.1) is 17.8 Å². The van der Waals surface area contributed by atoms with E-state index in [-0.39, 0.29) is 35.8 Å². The summed E-state index contributed by atoms with van der Waals surface area (Å²) in [5.74, 6) is 1.15. The van der Waals surface area contributed by atoms with Gasteiger partial charge in [-0.3, -0.25) is 14.9 Å². The van der Waals surface area contributed by atoms with Crippen molar-refractivity contribution in [2.45, 2.75) is 37.6 Å². The van der Waals surface area contributed by atoms with Crippen molar-refractivity contribution in [3.8, 4) is 5.75 Å². The van der Waals surface area contributed by atoms with Crippen molar-refractivity contribution in [1.82, 2.24) is 10.6 Å². The first-order valence-electron chi connectivity index (χ1n) is 7.91. The zero-order valence-corrected chi connectivity index (χ0v) is 16.0. The summed E-state index contributed by atoms with van der Waals surface area (Å²) < 4.78 is 4.98. The van der Waals surface area contributed by atoms with E-state index < -0.39 is 4.92 Å². The zero-order valence-electron chi connectivity index (χ0n) is 14.3. The fraction of sp³-hybridized carbons (Fsp3) is 0.562. The molecule has 25 heavy (non-hydrogen) atoms. The molecule has 2 atom stereocenters. The Morgan fingerprint density at radius 3 is 2.92 bits per heavy atom. The number of hydrogen-bond donors (Lipinski definition) is 2. The third kappa shape index (κ3) is 6.72. The third-order valence-corrected chi connectivity index (χ3v) is 4.93. The van der Waals surface area contributed by atoms with Gasteiger partial charge in [0.2, 0.25) is 5.91 Å². The topological polar surface area (TPSA) is 93.5 Å². The van der Waals surface area contributed by atoms with Gasteiger partial charge in [0.15, 0.2) is 5.75 Å². The number of nitrogens with zero attached hydrogens (tertiary/aromatic N) is 1. The van der Waals surface area contributed by atoms with E-state index in [1.807, 2.05) is 0 Å². The number of halogens is 1. The fourth-order valence-corrected chi connectivity index (χ4v) is 3.55. The minimum atomic E-state index is -0.460. The van der Waals surface area contributed by atoms with Crippen molar-refractivity contribution in [1.29, 1.82) is 0 Å². The number of nitrogens with one attached hydrogen (secondary N) is 2. The van der Waals surface area contributed by atoms with Crippen LogP contribution in [0, 0.1) is 10.1 Å². The zero-order chi connectivity index (χ0) is 17.5. The molecule has 1 amide bonds. The van der Waals surface area contributed by atoms with Crippen LogP contribution in [-0.2, 0) is 10.5 Å². The molecular weight excluding hydrogens is 366 g/mol. The molecule has 0 spiro atoms. The number of thioether (sulfide) groups is 1. The Balaban J connectivity index is 0.00000312. The van der Waals surface area contributed by atoms with Gasteiger partial charge in [-0.25, -0.2) is 0 Å². The van der Waals surface area contributed by atoms with Crippen LogP contribution < -0.4 is 15.4 Å². The predicted molar refractivity (Wildman–Crippen MR) is 102 cm³/mol. The van der Waals surface area contributed by atoms with Crippen molar-refractivity contribution in [3.05, 3.63) is 33.9 Å². The van der Waals surface area contributed by atoms with Crippen molar-refractivity contribution >= 4 is 35.8 Å². The van der Waals surface area contributed by atoms with Crippen LogP contribution in [0.5, 0.6) is 5.75 Å². The monoisotopic (exact) mass is 389 g/mol. The lowest BCUT2D eigenvalue weighted by Crippen LogP contribution is -2.47. The molecule has 0 aromatic heterocycles. The van der Waals surface area contributed by atoms with Crippen LogP contribution in [0.15, 0.2) is 18.2 Å². The van der Waals surface area contributed by atoms with Gasteiger partial charge >= 0.3 is 5.69 Å². The molecule has 1 fully saturated rings. The largest absolute Gasteiger partial charge is 0.490 e. The molecule has 7 nitrogen and oxygen atoms in total. The molecule has 1 aromatic rings. The summed E-state index contributed by atoms with van der Waals surface area (Å²) in [4.78, 5) is 22.6. The molecule has 0 saturated carbocycles.